The lowest BCUT2D eigenvalue weighted by Crippen LogP contribution is -2.30. The third kappa shape index (κ3) is 3.94. The van der Waals surface area contributed by atoms with Gasteiger partial charge in [-0.05, 0) is 48.9 Å². The third-order valence-corrected chi connectivity index (χ3v) is 6.40. The minimum Gasteiger partial charge on any atom is -0.352 e. The first-order valence-electron chi connectivity index (χ1n) is 10.4. The lowest BCUT2D eigenvalue weighted by Gasteiger charge is -2.31. The highest BCUT2D eigenvalue weighted by molar-refractivity contribution is 7.99. The second-order valence-electron chi connectivity index (χ2n) is 7.39. The monoisotopic (exact) mass is 440 g/mol. The highest BCUT2D eigenvalue weighted by Gasteiger charge is 2.27. The zero-order chi connectivity index (χ0) is 21.9. The molecule has 0 spiro atoms. The maximum absolute atomic E-state index is 13.2. The molecular formula is C25H20N4O2S. The number of hydrogen-bond acceptors (Lipinski definition) is 5. The number of para-hydroxylation sites is 2. The van der Waals surface area contributed by atoms with Gasteiger partial charge < -0.3 is 5.32 Å². The fourth-order valence-electron chi connectivity index (χ4n) is 3.73. The van der Waals surface area contributed by atoms with Gasteiger partial charge in [0, 0.05) is 40.7 Å². The van der Waals surface area contributed by atoms with E-state index in [-0.39, 0.29) is 11.8 Å². The van der Waals surface area contributed by atoms with Crippen molar-refractivity contribution in [3.8, 4) is 0 Å². The van der Waals surface area contributed by atoms with Crippen LogP contribution in [-0.2, 0) is 4.79 Å². The highest BCUT2D eigenvalue weighted by atomic mass is 32.2. The SMILES string of the molecule is O=C(NCCCC(=O)N1c2ccccc2Sc2ccccc21)c1ccc2nccnc2c1. The highest BCUT2D eigenvalue weighted by Crippen LogP contribution is 2.48. The molecule has 0 radical (unpaired) electrons. The molecule has 2 amide bonds. The van der Waals surface area contributed by atoms with Gasteiger partial charge in [-0.25, -0.2) is 0 Å². The summed E-state index contributed by atoms with van der Waals surface area (Å²) in [4.78, 5) is 38.1. The van der Waals surface area contributed by atoms with Crippen molar-refractivity contribution < 1.29 is 9.59 Å². The number of hydrogen-bond donors (Lipinski definition) is 1. The third-order valence-electron chi connectivity index (χ3n) is 5.27. The zero-order valence-corrected chi connectivity index (χ0v) is 18.0. The van der Waals surface area contributed by atoms with E-state index < -0.39 is 0 Å². The van der Waals surface area contributed by atoms with Gasteiger partial charge in [0.25, 0.3) is 5.91 Å². The second-order valence-corrected chi connectivity index (χ2v) is 8.47. The number of amides is 2. The molecule has 5 rings (SSSR count). The van der Waals surface area contributed by atoms with E-state index in [2.05, 4.69) is 15.3 Å². The molecule has 3 aromatic carbocycles. The fraction of sp³-hybridized carbons (Fsp3) is 0.120. The van der Waals surface area contributed by atoms with Crippen LogP contribution in [0.1, 0.15) is 23.2 Å². The van der Waals surface area contributed by atoms with Crippen molar-refractivity contribution in [1.82, 2.24) is 15.3 Å². The van der Waals surface area contributed by atoms with E-state index in [1.54, 1.807) is 47.3 Å². The Morgan fingerprint density at radius 3 is 2.22 bits per heavy atom. The number of nitrogens with one attached hydrogen (secondary N) is 1. The van der Waals surface area contributed by atoms with Crippen LogP contribution in [0.4, 0.5) is 11.4 Å². The van der Waals surface area contributed by atoms with Crippen molar-refractivity contribution in [2.75, 3.05) is 11.4 Å². The summed E-state index contributed by atoms with van der Waals surface area (Å²) in [5.74, 6) is -0.171. The molecule has 0 fully saturated rings. The van der Waals surface area contributed by atoms with E-state index in [1.807, 2.05) is 48.5 Å². The molecule has 0 atom stereocenters. The molecule has 6 nitrogen and oxygen atoms in total. The maximum atomic E-state index is 13.2. The number of aromatic nitrogens is 2. The molecule has 0 bridgehead atoms. The van der Waals surface area contributed by atoms with Crippen LogP contribution in [0.15, 0.2) is 88.9 Å². The molecule has 32 heavy (non-hydrogen) atoms. The van der Waals surface area contributed by atoms with Gasteiger partial charge in [-0.3, -0.25) is 24.5 Å². The summed E-state index contributed by atoms with van der Waals surface area (Å²) in [5.41, 5.74) is 3.76. The van der Waals surface area contributed by atoms with Gasteiger partial charge >= 0.3 is 0 Å². The van der Waals surface area contributed by atoms with Crippen molar-refractivity contribution in [1.29, 1.82) is 0 Å². The minimum absolute atomic E-state index is 0.0143. The van der Waals surface area contributed by atoms with E-state index in [4.69, 9.17) is 0 Å². The normalized spacial score (nSPS) is 12.2. The van der Waals surface area contributed by atoms with Crippen LogP contribution < -0.4 is 10.2 Å². The summed E-state index contributed by atoms with van der Waals surface area (Å²) in [5, 5.41) is 2.90. The van der Waals surface area contributed by atoms with Crippen LogP contribution in [0.2, 0.25) is 0 Å². The Hall–Kier alpha value is -3.71. The van der Waals surface area contributed by atoms with Crippen molar-refractivity contribution in [2.45, 2.75) is 22.6 Å². The van der Waals surface area contributed by atoms with Gasteiger partial charge in [0.05, 0.1) is 22.4 Å². The summed E-state index contributed by atoms with van der Waals surface area (Å²) in [7, 11) is 0. The Morgan fingerprint density at radius 2 is 1.50 bits per heavy atom. The number of anilines is 2. The van der Waals surface area contributed by atoms with Gasteiger partial charge in [-0.1, -0.05) is 36.0 Å². The molecular weight excluding hydrogens is 420 g/mol. The van der Waals surface area contributed by atoms with Crippen molar-refractivity contribution in [2.24, 2.45) is 0 Å². The molecule has 0 unspecified atom stereocenters. The van der Waals surface area contributed by atoms with Gasteiger partial charge in [0.15, 0.2) is 0 Å². The molecule has 0 saturated carbocycles. The summed E-state index contributed by atoms with van der Waals surface area (Å²) in [6.07, 6.45) is 4.10. The van der Waals surface area contributed by atoms with Crippen LogP contribution in [-0.4, -0.2) is 28.3 Å². The first-order valence-corrected chi connectivity index (χ1v) is 11.2. The van der Waals surface area contributed by atoms with E-state index in [0.29, 0.717) is 30.5 Å². The molecule has 1 N–H and O–H groups in total. The molecule has 0 saturated heterocycles. The Balaban J connectivity index is 1.23. The van der Waals surface area contributed by atoms with Crippen LogP contribution in [0.3, 0.4) is 0 Å². The predicted molar refractivity (Wildman–Crippen MR) is 125 cm³/mol. The zero-order valence-electron chi connectivity index (χ0n) is 17.2. The molecule has 7 heteroatoms. The van der Waals surface area contributed by atoms with Crippen LogP contribution in [0.25, 0.3) is 11.0 Å². The first-order chi connectivity index (χ1) is 15.7. The molecule has 158 valence electrons. The van der Waals surface area contributed by atoms with Crippen molar-refractivity contribution in [3.63, 3.8) is 0 Å². The van der Waals surface area contributed by atoms with E-state index in [1.165, 1.54) is 0 Å². The first kappa shape index (κ1) is 20.2. The topological polar surface area (TPSA) is 75.2 Å². The molecule has 4 aromatic rings. The Morgan fingerprint density at radius 1 is 0.844 bits per heavy atom. The number of rotatable bonds is 5. The number of fused-ring (bicyclic) bond motifs is 3. The maximum Gasteiger partial charge on any atom is 0.251 e. The van der Waals surface area contributed by atoms with Gasteiger partial charge in [0.2, 0.25) is 5.91 Å². The molecule has 0 aliphatic carbocycles. The van der Waals surface area contributed by atoms with Crippen LogP contribution in [0, 0.1) is 0 Å². The second kappa shape index (κ2) is 8.80. The predicted octanol–water partition coefficient (Wildman–Crippen LogP) is 4.97. The minimum atomic E-state index is -0.185. The van der Waals surface area contributed by atoms with E-state index >= 15 is 0 Å². The number of benzene rings is 3. The molecule has 1 aliphatic heterocycles. The smallest absolute Gasteiger partial charge is 0.251 e. The number of carbonyl (C=O) groups is 2. The molecule has 2 heterocycles. The van der Waals surface area contributed by atoms with Crippen LogP contribution >= 0.6 is 11.8 Å². The average molecular weight is 441 g/mol. The summed E-state index contributed by atoms with van der Waals surface area (Å²) in [6, 6.07) is 21.1. The Bertz CT molecular complexity index is 1280. The standard InChI is InChI=1S/C25H20N4O2S/c30-24(29-20-6-1-3-8-22(20)32-23-9-4-2-7-21(23)29)10-5-13-28-25(31)17-11-12-18-19(16-17)27-15-14-26-18/h1-4,6-9,11-12,14-16H,5,10,13H2,(H,28,31). The van der Waals surface area contributed by atoms with Gasteiger partial charge in [0.1, 0.15) is 0 Å². The molecule has 1 aliphatic rings. The van der Waals surface area contributed by atoms with Crippen LogP contribution in [0.5, 0.6) is 0 Å². The fourth-order valence-corrected chi connectivity index (χ4v) is 4.79. The van der Waals surface area contributed by atoms with Crippen molar-refractivity contribution >= 4 is 46.0 Å². The van der Waals surface area contributed by atoms with Crippen molar-refractivity contribution in [3.05, 3.63) is 84.7 Å². The molecule has 1 aromatic heterocycles. The largest absolute Gasteiger partial charge is 0.352 e. The van der Waals surface area contributed by atoms with E-state index in [9.17, 15) is 9.59 Å². The number of nitrogens with zero attached hydrogens (tertiary/aromatic N) is 3. The average Bonchev–Trinajstić information content (AvgIpc) is 2.84. The lowest BCUT2D eigenvalue weighted by molar-refractivity contribution is -0.118. The number of carbonyl (C=O) groups excluding carboxylic acids is 2. The van der Waals surface area contributed by atoms with E-state index in [0.717, 1.165) is 26.7 Å². The van der Waals surface area contributed by atoms with Gasteiger partial charge in [-0.15, -0.1) is 0 Å². The summed E-state index contributed by atoms with van der Waals surface area (Å²) < 4.78 is 0. The Kier molecular flexibility index (Phi) is 5.56. The lowest BCUT2D eigenvalue weighted by atomic mass is 10.1. The summed E-state index contributed by atoms with van der Waals surface area (Å²) in [6.45, 7) is 0.412. The summed E-state index contributed by atoms with van der Waals surface area (Å²) >= 11 is 1.67. The Labute approximate surface area is 189 Å². The van der Waals surface area contributed by atoms with Gasteiger partial charge in [-0.2, -0.15) is 0 Å². The quantitative estimate of drug-likeness (QED) is 0.444.